The van der Waals surface area contributed by atoms with Crippen molar-refractivity contribution in [2.24, 2.45) is 11.0 Å². The number of hydrogen-bond acceptors (Lipinski definition) is 5. The molecule has 9 heteroatoms. The second-order valence-electron chi connectivity index (χ2n) is 9.46. The average Bonchev–Trinajstić information content (AvgIpc) is 3.62. The van der Waals surface area contributed by atoms with Gasteiger partial charge in [-0.2, -0.15) is 5.10 Å². The van der Waals surface area contributed by atoms with Crippen molar-refractivity contribution < 1.29 is 27.5 Å². The summed E-state index contributed by atoms with van der Waals surface area (Å²) in [4.78, 5) is 26.0. The number of carbonyl (C=O) groups excluding carboxylic acids is 2. The fraction of sp³-hybridized carbons (Fsp3) is 0.276. The summed E-state index contributed by atoms with van der Waals surface area (Å²) < 4.78 is 48.0. The van der Waals surface area contributed by atoms with Gasteiger partial charge in [-0.3, -0.25) is 9.59 Å². The van der Waals surface area contributed by atoms with Gasteiger partial charge in [0.2, 0.25) is 0 Å². The van der Waals surface area contributed by atoms with Crippen LogP contribution < -0.4 is 4.74 Å². The molecule has 1 atom stereocenters. The number of halogens is 3. The zero-order valence-electron chi connectivity index (χ0n) is 20.6. The lowest BCUT2D eigenvalue weighted by atomic mass is 10.1. The number of hydrazone groups is 1. The Morgan fingerprint density at radius 2 is 1.76 bits per heavy atom. The molecule has 0 saturated heterocycles. The summed E-state index contributed by atoms with van der Waals surface area (Å²) >= 11 is 1.21. The third-order valence-electron chi connectivity index (χ3n) is 6.51. The van der Waals surface area contributed by atoms with E-state index in [-0.39, 0.29) is 23.5 Å². The normalized spacial score (nSPS) is 16.9. The van der Waals surface area contributed by atoms with Crippen molar-refractivity contribution >= 4 is 28.5 Å². The Balaban J connectivity index is 1.46. The van der Waals surface area contributed by atoms with E-state index in [1.54, 1.807) is 24.3 Å². The van der Waals surface area contributed by atoms with Gasteiger partial charge in [0.1, 0.15) is 40.2 Å². The first-order valence-corrected chi connectivity index (χ1v) is 13.2. The zero-order chi connectivity index (χ0) is 26.8. The number of hydrogen-bond donors (Lipinski definition) is 0. The first-order valence-electron chi connectivity index (χ1n) is 12.3. The average molecular weight is 539 g/mol. The quantitative estimate of drug-likeness (QED) is 0.301. The van der Waals surface area contributed by atoms with E-state index in [2.05, 4.69) is 5.10 Å². The molecule has 3 aromatic rings. The zero-order valence-corrected chi connectivity index (χ0v) is 21.4. The molecule has 0 radical (unpaired) electrons. The van der Waals surface area contributed by atoms with Gasteiger partial charge >= 0.3 is 0 Å². The molecule has 196 valence electrons. The number of carbonyl (C=O) groups is 2. The largest absolute Gasteiger partial charge is 0.485 e. The lowest BCUT2D eigenvalue weighted by Gasteiger charge is -2.24. The molecule has 1 fully saturated rings. The number of aryl methyl sites for hydroxylation is 1. The highest BCUT2D eigenvalue weighted by Crippen LogP contribution is 2.45. The SMILES string of the molecule is Cc1cc(F)cc(F)c1C(=O)N1N=C(c2ccc(F)cc2)SC1c1ccccc1OCC(=O)CCC1CC1. The number of para-hydroxylation sites is 1. The molecule has 1 heterocycles. The number of benzene rings is 3. The number of nitrogens with zero attached hydrogens (tertiary/aromatic N) is 2. The lowest BCUT2D eigenvalue weighted by Crippen LogP contribution is -2.28. The maximum atomic E-state index is 14.8. The van der Waals surface area contributed by atoms with Crippen molar-refractivity contribution in [1.29, 1.82) is 0 Å². The molecule has 38 heavy (non-hydrogen) atoms. The predicted molar refractivity (Wildman–Crippen MR) is 139 cm³/mol. The van der Waals surface area contributed by atoms with Crippen molar-refractivity contribution in [1.82, 2.24) is 5.01 Å². The summed E-state index contributed by atoms with van der Waals surface area (Å²) in [5, 5.41) is 5.25. The molecule has 1 aliphatic heterocycles. The summed E-state index contributed by atoms with van der Waals surface area (Å²) in [6.45, 7) is 1.35. The predicted octanol–water partition coefficient (Wildman–Crippen LogP) is 6.80. The fourth-order valence-corrected chi connectivity index (χ4v) is 5.48. The molecule has 0 N–H and O–H groups in total. The summed E-state index contributed by atoms with van der Waals surface area (Å²) in [5.41, 5.74) is 0.964. The highest BCUT2D eigenvalue weighted by Gasteiger charge is 2.38. The van der Waals surface area contributed by atoms with Crippen LogP contribution >= 0.6 is 11.8 Å². The van der Waals surface area contributed by atoms with E-state index in [0.29, 0.717) is 40.3 Å². The van der Waals surface area contributed by atoms with Crippen LogP contribution in [0.3, 0.4) is 0 Å². The van der Waals surface area contributed by atoms with E-state index >= 15 is 0 Å². The molecular formula is C29H25F3N2O3S. The van der Waals surface area contributed by atoms with Crippen LogP contribution in [-0.2, 0) is 4.79 Å². The Morgan fingerprint density at radius 1 is 1.03 bits per heavy atom. The van der Waals surface area contributed by atoms with Crippen LogP contribution in [0.5, 0.6) is 5.75 Å². The lowest BCUT2D eigenvalue weighted by molar-refractivity contribution is -0.121. The van der Waals surface area contributed by atoms with Gasteiger partial charge in [0.15, 0.2) is 5.78 Å². The molecule has 2 aliphatic rings. The molecule has 5 rings (SSSR count). The van der Waals surface area contributed by atoms with E-state index in [1.165, 1.54) is 55.8 Å². The first-order chi connectivity index (χ1) is 18.3. The summed E-state index contributed by atoms with van der Waals surface area (Å²) in [5.74, 6) is -1.93. The van der Waals surface area contributed by atoms with E-state index in [4.69, 9.17) is 4.74 Å². The van der Waals surface area contributed by atoms with E-state index in [1.807, 2.05) is 0 Å². The molecular weight excluding hydrogens is 513 g/mol. The Hall–Kier alpha value is -3.59. The van der Waals surface area contributed by atoms with Gasteiger partial charge < -0.3 is 4.74 Å². The Morgan fingerprint density at radius 3 is 2.47 bits per heavy atom. The standard InChI is InChI=1S/C29H25F3N2O3S/c1-17-14-21(31)15-24(32)26(17)28(36)34-29(38-27(33-34)19-9-11-20(30)12-10-19)23-4-2-3-5-25(23)37-16-22(35)13-8-18-6-7-18/h2-5,9-12,14-15,18,29H,6-8,13,16H2,1H3. The van der Waals surface area contributed by atoms with Crippen molar-refractivity contribution in [2.45, 2.75) is 38.0 Å². The van der Waals surface area contributed by atoms with Gasteiger partial charge in [-0.05, 0) is 61.2 Å². The summed E-state index contributed by atoms with van der Waals surface area (Å²) in [6, 6.07) is 14.4. The Kier molecular flexibility index (Phi) is 7.56. The van der Waals surface area contributed by atoms with E-state index < -0.39 is 28.7 Å². The molecule has 0 aromatic heterocycles. The van der Waals surface area contributed by atoms with Crippen LogP contribution in [-0.4, -0.2) is 28.3 Å². The van der Waals surface area contributed by atoms with Gasteiger partial charge in [0.25, 0.3) is 5.91 Å². The number of amides is 1. The second kappa shape index (κ2) is 11.0. The van der Waals surface area contributed by atoms with Crippen LogP contribution in [0.4, 0.5) is 13.2 Å². The molecule has 1 saturated carbocycles. The van der Waals surface area contributed by atoms with Crippen LogP contribution in [0, 0.1) is 30.3 Å². The molecule has 0 spiro atoms. The van der Waals surface area contributed by atoms with Crippen LogP contribution in [0.25, 0.3) is 0 Å². The number of thioether (sulfide) groups is 1. The summed E-state index contributed by atoms with van der Waals surface area (Å²) in [7, 11) is 0. The van der Waals surface area contributed by atoms with E-state index in [0.717, 1.165) is 17.5 Å². The Labute approximate surface area is 222 Å². The second-order valence-corrected chi connectivity index (χ2v) is 10.5. The fourth-order valence-electron chi connectivity index (χ4n) is 4.30. The third kappa shape index (κ3) is 5.78. The number of rotatable bonds is 9. The maximum absolute atomic E-state index is 14.8. The van der Waals surface area contributed by atoms with Crippen LogP contribution in [0.2, 0.25) is 0 Å². The van der Waals surface area contributed by atoms with Crippen molar-refractivity contribution in [3.63, 3.8) is 0 Å². The monoisotopic (exact) mass is 538 g/mol. The van der Waals surface area contributed by atoms with Crippen LogP contribution in [0.15, 0.2) is 65.8 Å². The van der Waals surface area contributed by atoms with Crippen molar-refractivity contribution in [2.75, 3.05) is 6.61 Å². The molecule has 5 nitrogen and oxygen atoms in total. The van der Waals surface area contributed by atoms with Gasteiger partial charge in [0, 0.05) is 23.6 Å². The molecule has 1 unspecified atom stereocenters. The van der Waals surface area contributed by atoms with Gasteiger partial charge in [-0.25, -0.2) is 18.2 Å². The topological polar surface area (TPSA) is 59.0 Å². The molecule has 1 amide bonds. The number of Topliss-reactive ketones (excluding diaryl/α,β-unsaturated/α-hetero) is 1. The van der Waals surface area contributed by atoms with Crippen molar-refractivity contribution in [3.05, 3.63) is 100 Å². The van der Waals surface area contributed by atoms with Gasteiger partial charge in [-0.1, -0.05) is 42.8 Å². The minimum atomic E-state index is -0.993. The van der Waals surface area contributed by atoms with Crippen molar-refractivity contribution in [3.8, 4) is 5.75 Å². The number of ether oxygens (including phenoxy) is 1. The van der Waals surface area contributed by atoms with Crippen LogP contribution in [0.1, 0.15) is 58.1 Å². The van der Waals surface area contributed by atoms with Gasteiger partial charge in [-0.15, -0.1) is 0 Å². The highest BCUT2D eigenvalue weighted by molar-refractivity contribution is 8.14. The first kappa shape index (κ1) is 26.0. The third-order valence-corrected chi connectivity index (χ3v) is 7.73. The van der Waals surface area contributed by atoms with Gasteiger partial charge in [0.05, 0.1) is 5.56 Å². The maximum Gasteiger partial charge on any atom is 0.278 e. The minimum Gasteiger partial charge on any atom is -0.485 e. The molecule has 1 aliphatic carbocycles. The smallest absolute Gasteiger partial charge is 0.278 e. The minimum absolute atomic E-state index is 0.00836. The van der Waals surface area contributed by atoms with E-state index in [9.17, 15) is 22.8 Å². The number of ketones is 1. The molecule has 3 aromatic carbocycles. The molecule has 0 bridgehead atoms. The highest BCUT2D eigenvalue weighted by atomic mass is 32.2. The summed E-state index contributed by atoms with van der Waals surface area (Å²) in [6.07, 6.45) is 3.66. The Bertz CT molecular complexity index is 1380.